The number of rotatable bonds is 8. The zero-order chi connectivity index (χ0) is 17.3. The summed E-state index contributed by atoms with van der Waals surface area (Å²) in [7, 11) is 0. The highest BCUT2D eigenvalue weighted by molar-refractivity contribution is 14.0. The molecule has 0 atom stereocenters. The Labute approximate surface area is 172 Å². The van der Waals surface area contributed by atoms with E-state index in [1.165, 1.54) is 0 Å². The van der Waals surface area contributed by atoms with Crippen molar-refractivity contribution < 1.29 is 4.74 Å². The second-order valence-electron chi connectivity index (χ2n) is 5.92. The number of aliphatic imine (C=N–C) groups is 1. The molecular formula is C16H31IN6OS. The monoisotopic (exact) mass is 482 g/mol. The lowest BCUT2D eigenvalue weighted by Gasteiger charge is -2.34. The summed E-state index contributed by atoms with van der Waals surface area (Å²) in [5, 5.41) is 14.8. The van der Waals surface area contributed by atoms with Crippen LogP contribution in [0.1, 0.15) is 32.5 Å². The van der Waals surface area contributed by atoms with Crippen LogP contribution in [0.5, 0.6) is 0 Å². The van der Waals surface area contributed by atoms with Crippen LogP contribution in [0.2, 0.25) is 0 Å². The smallest absolute Gasteiger partial charge is 0.191 e. The average molecular weight is 482 g/mol. The Bertz CT molecular complexity index is 518. The van der Waals surface area contributed by atoms with Crippen LogP contribution in [-0.2, 0) is 17.7 Å². The van der Waals surface area contributed by atoms with E-state index in [0.717, 1.165) is 70.4 Å². The maximum absolute atomic E-state index is 5.50. The maximum atomic E-state index is 5.50. The van der Waals surface area contributed by atoms with Gasteiger partial charge in [-0.3, -0.25) is 4.99 Å². The van der Waals surface area contributed by atoms with E-state index in [2.05, 4.69) is 45.5 Å². The van der Waals surface area contributed by atoms with Crippen molar-refractivity contribution in [2.24, 2.45) is 4.99 Å². The van der Waals surface area contributed by atoms with Gasteiger partial charge in [0.05, 0.1) is 6.54 Å². The molecule has 7 nitrogen and oxygen atoms in total. The normalized spacial score (nSPS) is 17.0. The van der Waals surface area contributed by atoms with E-state index in [1.807, 2.05) is 11.8 Å². The molecule has 9 heteroatoms. The fraction of sp³-hybridized carbons (Fsp3) is 0.812. The highest BCUT2D eigenvalue weighted by Crippen LogP contribution is 2.33. The minimum absolute atomic E-state index is 0. The van der Waals surface area contributed by atoms with Crippen LogP contribution in [0.15, 0.2) is 11.3 Å². The zero-order valence-corrected chi connectivity index (χ0v) is 18.6. The molecule has 0 unspecified atom stereocenters. The molecule has 144 valence electrons. The van der Waals surface area contributed by atoms with Crippen LogP contribution in [-0.4, -0.2) is 64.6 Å². The number of hydrogen-bond acceptors (Lipinski definition) is 5. The van der Waals surface area contributed by atoms with Crippen molar-refractivity contribution in [2.45, 2.75) is 44.4 Å². The summed E-state index contributed by atoms with van der Waals surface area (Å²) in [5.74, 6) is 1.89. The van der Waals surface area contributed by atoms with Crippen molar-refractivity contribution >= 4 is 41.7 Å². The molecule has 1 aliphatic rings. The van der Waals surface area contributed by atoms with Crippen molar-refractivity contribution in [2.75, 3.05) is 39.1 Å². The number of nitrogens with zero attached hydrogens (tertiary/aromatic N) is 4. The van der Waals surface area contributed by atoms with Gasteiger partial charge < -0.3 is 19.9 Å². The van der Waals surface area contributed by atoms with Gasteiger partial charge in [0.15, 0.2) is 5.96 Å². The van der Waals surface area contributed by atoms with E-state index in [-0.39, 0.29) is 28.7 Å². The van der Waals surface area contributed by atoms with Gasteiger partial charge in [-0.25, -0.2) is 0 Å². The van der Waals surface area contributed by atoms with Crippen LogP contribution in [0.3, 0.4) is 0 Å². The second kappa shape index (κ2) is 11.9. The molecule has 1 fully saturated rings. The average Bonchev–Trinajstić information content (AvgIpc) is 3.08. The quantitative estimate of drug-likeness (QED) is 0.335. The number of guanidine groups is 1. The lowest BCUT2D eigenvalue weighted by molar-refractivity contribution is 0.0794. The number of ether oxygens (including phenoxy) is 1. The second-order valence-corrected chi connectivity index (χ2v) is 7.19. The highest BCUT2D eigenvalue weighted by atomic mass is 127. The predicted molar refractivity (Wildman–Crippen MR) is 115 cm³/mol. The van der Waals surface area contributed by atoms with Crippen molar-refractivity contribution in [1.29, 1.82) is 0 Å². The number of halogens is 1. The fourth-order valence-electron chi connectivity index (χ4n) is 2.77. The molecule has 0 amide bonds. The van der Waals surface area contributed by atoms with E-state index in [0.29, 0.717) is 0 Å². The summed E-state index contributed by atoms with van der Waals surface area (Å²) in [6.07, 6.45) is 7.00. The molecule has 1 saturated heterocycles. The fourth-order valence-corrected chi connectivity index (χ4v) is 3.54. The maximum Gasteiger partial charge on any atom is 0.191 e. The van der Waals surface area contributed by atoms with Gasteiger partial charge in [0.2, 0.25) is 0 Å². The van der Waals surface area contributed by atoms with Crippen LogP contribution in [0.25, 0.3) is 0 Å². The molecule has 0 saturated carbocycles. The third-order valence-corrected chi connectivity index (χ3v) is 5.77. The van der Waals surface area contributed by atoms with Crippen molar-refractivity contribution in [1.82, 2.24) is 25.4 Å². The standard InChI is InChI=1S/C16H30N6OS.HI/c1-4-14-21-20-13-22(14)9-8-18-15(17-5-2)19-12-16(24-3)6-10-23-11-7-16;/h13H,4-12H2,1-3H3,(H2,17,18,19);1H. The van der Waals surface area contributed by atoms with E-state index >= 15 is 0 Å². The van der Waals surface area contributed by atoms with Crippen LogP contribution >= 0.6 is 35.7 Å². The van der Waals surface area contributed by atoms with E-state index in [1.54, 1.807) is 6.33 Å². The highest BCUT2D eigenvalue weighted by Gasteiger charge is 2.31. The van der Waals surface area contributed by atoms with Crippen molar-refractivity contribution in [3.8, 4) is 0 Å². The Morgan fingerprint density at radius 3 is 2.76 bits per heavy atom. The summed E-state index contributed by atoms with van der Waals surface area (Å²) in [4.78, 5) is 4.82. The zero-order valence-electron chi connectivity index (χ0n) is 15.5. The summed E-state index contributed by atoms with van der Waals surface area (Å²) >= 11 is 1.92. The third kappa shape index (κ3) is 6.93. The molecule has 2 rings (SSSR count). The molecule has 0 bridgehead atoms. The minimum atomic E-state index is 0. The summed E-state index contributed by atoms with van der Waals surface area (Å²) < 4.78 is 7.80. The molecule has 1 aromatic heterocycles. The van der Waals surface area contributed by atoms with E-state index in [9.17, 15) is 0 Å². The number of thioether (sulfide) groups is 1. The van der Waals surface area contributed by atoms with Gasteiger partial charge in [-0.15, -0.1) is 34.2 Å². The number of aromatic nitrogens is 3. The first-order valence-corrected chi connectivity index (χ1v) is 9.97. The molecule has 0 aliphatic carbocycles. The Morgan fingerprint density at radius 1 is 1.36 bits per heavy atom. The predicted octanol–water partition coefficient (Wildman–Crippen LogP) is 1.93. The first-order chi connectivity index (χ1) is 11.7. The Kier molecular flexibility index (Phi) is 10.7. The molecular weight excluding hydrogens is 451 g/mol. The Balaban J connectivity index is 0.00000312. The van der Waals surface area contributed by atoms with Crippen molar-refractivity contribution in [3.63, 3.8) is 0 Å². The largest absolute Gasteiger partial charge is 0.381 e. The first-order valence-electron chi connectivity index (χ1n) is 8.74. The minimum Gasteiger partial charge on any atom is -0.381 e. The van der Waals surface area contributed by atoms with Crippen LogP contribution in [0.4, 0.5) is 0 Å². The molecule has 1 aliphatic heterocycles. The van der Waals surface area contributed by atoms with Gasteiger partial charge in [0.25, 0.3) is 0 Å². The first kappa shape index (κ1) is 22.5. The summed E-state index contributed by atoms with van der Waals surface area (Å²) in [5.41, 5.74) is 0. The summed E-state index contributed by atoms with van der Waals surface area (Å²) in [6, 6.07) is 0. The molecule has 2 heterocycles. The van der Waals surface area contributed by atoms with Gasteiger partial charge in [0, 0.05) is 44.0 Å². The third-order valence-electron chi connectivity index (χ3n) is 4.36. The van der Waals surface area contributed by atoms with Gasteiger partial charge in [-0.2, -0.15) is 11.8 Å². The van der Waals surface area contributed by atoms with Crippen LogP contribution in [0, 0.1) is 0 Å². The van der Waals surface area contributed by atoms with Crippen LogP contribution < -0.4 is 10.6 Å². The molecule has 2 N–H and O–H groups in total. The summed E-state index contributed by atoms with van der Waals surface area (Å²) in [6.45, 7) is 9.17. The molecule has 0 aromatic carbocycles. The van der Waals surface area contributed by atoms with Gasteiger partial charge in [0.1, 0.15) is 12.2 Å². The topological polar surface area (TPSA) is 76.4 Å². The van der Waals surface area contributed by atoms with E-state index < -0.39 is 0 Å². The lowest BCUT2D eigenvalue weighted by Crippen LogP contribution is -2.41. The van der Waals surface area contributed by atoms with E-state index in [4.69, 9.17) is 9.73 Å². The molecule has 1 aromatic rings. The van der Waals surface area contributed by atoms with Crippen molar-refractivity contribution in [3.05, 3.63) is 12.2 Å². The molecule has 0 radical (unpaired) electrons. The Morgan fingerprint density at radius 2 is 2.12 bits per heavy atom. The van der Waals surface area contributed by atoms with Gasteiger partial charge >= 0.3 is 0 Å². The SMILES string of the molecule is CCNC(=NCC1(SC)CCOCC1)NCCn1cnnc1CC.I. The number of aryl methyl sites for hydroxylation is 1. The molecule has 0 spiro atoms. The lowest BCUT2D eigenvalue weighted by atomic mass is 9.99. The number of hydrogen-bond donors (Lipinski definition) is 2. The number of nitrogens with one attached hydrogen (secondary N) is 2. The van der Waals surface area contributed by atoms with Gasteiger partial charge in [-0.05, 0) is 26.0 Å². The molecule has 25 heavy (non-hydrogen) atoms. The Hall–Kier alpha value is -0.550. The van der Waals surface area contributed by atoms with Gasteiger partial charge in [-0.1, -0.05) is 6.92 Å².